The molecule has 186 valence electrons. The lowest BCUT2D eigenvalue weighted by molar-refractivity contribution is 0.188. The fourth-order valence-electron chi connectivity index (χ4n) is 4.40. The number of hydrogen-bond acceptors (Lipinski definition) is 9. The van der Waals surface area contributed by atoms with Crippen LogP contribution in [-0.4, -0.2) is 105 Å². The maximum atomic E-state index is 13.2. The lowest BCUT2D eigenvalue weighted by atomic mass is 10.2. The molecule has 2 aromatic rings. The van der Waals surface area contributed by atoms with E-state index in [-0.39, 0.29) is 6.61 Å². The van der Waals surface area contributed by atoms with Crippen molar-refractivity contribution in [3.05, 3.63) is 35.9 Å². The van der Waals surface area contributed by atoms with Gasteiger partial charge in [0.1, 0.15) is 5.75 Å². The number of hydrogen-bond donors (Lipinski definition) is 1. The van der Waals surface area contributed by atoms with Gasteiger partial charge in [0.25, 0.3) is 0 Å². The molecule has 11 heteroatoms. The number of aliphatic hydroxyl groups excluding tert-OH is 1. The fraction of sp³-hybridized carbons (Fsp3) is 0.565. The summed E-state index contributed by atoms with van der Waals surface area (Å²) in [4.78, 5) is 6.81. The summed E-state index contributed by atoms with van der Waals surface area (Å²) in [6.07, 6.45) is 0. The normalized spacial score (nSPS) is 18.3. The summed E-state index contributed by atoms with van der Waals surface area (Å²) in [6.45, 7) is 10.6. The molecular weight excluding hydrogens is 456 g/mol. The molecule has 4 rings (SSSR count). The van der Waals surface area contributed by atoms with Gasteiger partial charge < -0.3 is 19.6 Å². The monoisotopic (exact) mass is 490 g/mol. The summed E-state index contributed by atoms with van der Waals surface area (Å²) in [5, 5.41) is 17.9. The van der Waals surface area contributed by atoms with Crippen LogP contribution in [-0.2, 0) is 10.0 Å². The average molecular weight is 491 g/mol. The van der Waals surface area contributed by atoms with E-state index in [4.69, 9.17) is 9.84 Å². The molecule has 0 bridgehead atoms. The number of nitrogens with zero attached hydrogens (tertiary/aromatic N) is 6. The first-order valence-corrected chi connectivity index (χ1v) is 13.3. The highest BCUT2D eigenvalue weighted by molar-refractivity contribution is 7.89. The minimum atomic E-state index is -3.56. The molecule has 3 heterocycles. The number of anilines is 2. The number of aryl methyl sites for hydroxylation is 1. The van der Waals surface area contributed by atoms with Crippen LogP contribution in [0.25, 0.3) is 0 Å². The van der Waals surface area contributed by atoms with Gasteiger partial charge in [-0.3, -0.25) is 4.90 Å². The van der Waals surface area contributed by atoms with Crippen LogP contribution in [0.4, 0.5) is 11.6 Å². The van der Waals surface area contributed by atoms with Gasteiger partial charge in [0.2, 0.25) is 10.0 Å². The molecule has 0 aliphatic carbocycles. The van der Waals surface area contributed by atoms with Gasteiger partial charge >= 0.3 is 0 Å². The molecule has 1 aromatic carbocycles. The molecule has 0 spiro atoms. The predicted octanol–water partition coefficient (Wildman–Crippen LogP) is 0.809. The highest BCUT2D eigenvalue weighted by Crippen LogP contribution is 2.25. The summed E-state index contributed by atoms with van der Waals surface area (Å²) in [5.74, 6) is 2.32. The van der Waals surface area contributed by atoms with Gasteiger partial charge in [-0.25, -0.2) is 8.42 Å². The number of aromatic nitrogens is 2. The average Bonchev–Trinajstić information content (AvgIpc) is 2.86. The Bertz CT molecular complexity index is 1050. The Hall–Kier alpha value is -2.47. The van der Waals surface area contributed by atoms with Gasteiger partial charge in [0, 0.05) is 58.9 Å². The fourth-order valence-corrected chi connectivity index (χ4v) is 5.91. The molecule has 0 atom stereocenters. The molecule has 0 amide bonds. The first-order valence-electron chi connectivity index (χ1n) is 11.8. The lowest BCUT2D eigenvalue weighted by Crippen LogP contribution is -2.49. The topological polar surface area (TPSA) is 102 Å². The number of rotatable bonds is 8. The van der Waals surface area contributed by atoms with Crippen molar-refractivity contribution in [2.24, 2.45) is 0 Å². The first-order chi connectivity index (χ1) is 16.4. The van der Waals surface area contributed by atoms with Crippen LogP contribution in [0.1, 0.15) is 12.5 Å². The number of benzene rings is 1. The molecule has 1 N–H and O–H groups in total. The molecule has 10 nitrogen and oxygen atoms in total. The number of piperazine rings is 2. The van der Waals surface area contributed by atoms with Crippen LogP contribution in [0.3, 0.4) is 0 Å². The molecule has 34 heavy (non-hydrogen) atoms. The van der Waals surface area contributed by atoms with E-state index in [2.05, 4.69) is 24.9 Å². The molecule has 2 aliphatic rings. The van der Waals surface area contributed by atoms with E-state index in [0.717, 1.165) is 43.4 Å². The Morgan fingerprint density at radius 3 is 2.00 bits per heavy atom. The van der Waals surface area contributed by atoms with Crippen LogP contribution in [0.5, 0.6) is 5.75 Å². The van der Waals surface area contributed by atoms with E-state index < -0.39 is 10.0 Å². The predicted molar refractivity (Wildman–Crippen MR) is 131 cm³/mol. The number of β-amino-alcohol motifs (C(OH)–C–C–N with tert-alkyl or cyclic N) is 1. The molecule has 0 radical (unpaired) electrons. The van der Waals surface area contributed by atoms with Crippen LogP contribution in [0.2, 0.25) is 0 Å². The zero-order chi connectivity index (χ0) is 24.1. The van der Waals surface area contributed by atoms with Crippen LogP contribution in [0, 0.1) is 6.92 Å². The van der Waals surface area contributed by atoms with Gasteiger partial charge in [0.05, 0.1) is 18.1 Å². The summed E-state index contributed by atoms with van der Waals surface area (Å²) in [7, 11) is -3.56. The van der Waals surface area contributed by atoms with Crippen molar-refractivity contribution in [1.82, 2.24) is 19.4 Å². The Morgan fingerprint density at radius 1 is 0.912 bits per heavy atom. The van der Waals surface area contributed by atoms with E-state index in [1.165, 1.54) is 4.31 Å². The van der Waals surface area contributed by atoms with Crippen molar-refractivity contribution < 1.29 is 18.3 Å². The molecule has 0 saturated carbocycles. The summed E-state index contributed by atoms with van der Waals surface area (Å²) < 4.78 is 33.4. The molecule has 2 aliphatic heterocycles. The second-order valence-electron chi connectivity index (χ2n) is 8.55. The SMILES string of the molecule is CCOc1ccc(S(=O)(=O)N2CCN(c3ccc(N4CCN(CCO)CC4)nn3)CC2)cc1C. The summed E-state index contributed by atoms with van der Waals surface area (Å²) in [6, 6.07) is 8.97. The molecule has 0 unspecified atom stereocenters. The minimum Gasteiger partial charge on any atom is -0.494 e. The Balaban J connectivity index is 1.34. The second kappa shape index (κ2) is 10.9. The maximum Gasteiger partial charge on any atom is 0.243 e. The van der Waals surface area contributed by atoms with Gasteiger partial charge in [-0.05, 0) is 49.7 Å². The highest BCUT2D eigenvalue weighted by Gasteiger charge is 2.29. The van der Waals surface area contributed by atoms with Crippen LogP contribution >= 0.6 is 0 Å². The van der Waals surface area contributed by atoms with Gasteiger partial charge in [-0.2, -0.15) is 4.31 Å². The molecule has 1 aromatic heterocycles. The lowest BCUT2D eigenvalue weighted by Gasteiger charge is -2.36. The van der Waals surface area contributed by atoms with Crippen LogP contribution < -0.4 is 14.5 Å². The molecular formula is C23H34N6O4S. The second-order valence-corrected chi connectivity index (χ2v) is 10.5. The number of sulfonamides is 1. The van der Waals surface area contributed by atoms with E-state index in [1.807, 2.05) is 26.0 Å². The third kappa shape index (κ3) is 5.43. The van der Waals surface area contributed by atoms with Crippen LogP contribution in [0.15, 0.2) is 35.2 Å². The van der Waals surface area contributed by atoms with Crippen molar-refractivity contribution in [3.63, 3.8) is 0 Å². The highest BCUT2D eigenvalue weighted by atomic mass is 32.2. The Labute approximate surface area is 201 Å². The summed E-state index contributed by atoms with van der Waals surface area (Å²) in [5.41, 5.74) is 0.812. The van der Waals surface area contributed by atoms with E-state index in [0.29, 0.717) is 50.0 Å². The van der Waals surface area contributed by atoms with Crippen molar-refractivity contribution in [3.8, 4) is 5.75 Å². The zero-order valence-corrected chi connectivity index (χ0v) is 20.7. The van der Waals surface area contributed by atoms with E-state index >= 15 is 0 Å². The van der Waals surface area contributed by atoms with Gasteiger partial charge in [0.15, 0.2) is 11.6 Å². The quantitative estimate of drug-likeness (QED) is 0.576. The maximum absolute atomic E-state index is 13.2. The number of aliphatic hydroxyl groups is 1. The largest absolute Gasteiger partial charge is 0.494 e. The van der Waals surface area contributed by atoms with Gasteiger partial charge in [-0.1, -0.05) is 0 Å². The zero-order valence-electron chi connectivity index (χ0n) is 19.9. The van der Waals surface area contributed by atoms with Gasteiger partial charge in [-0.15, -0.1) is 10.2 Å². The minimum absolute atomic E-state index is 0.183. The standard InChI is InChI=1S/C23H34N6O4S/c1-3-33-21-5-4-20(18-19(21)2)34(31,32)29-14-12-28(13-15-29)23-7-6-22(24-25-23)27-10-8-26(9-11-27)16-17-30/h4-7,18,30H,3,8-17H2,1-2H3. The smallest absolute Gasteiger partial charge is 0.243 e. The third-order valence-corrected chi connectivity index (χ3v) is 8.29. The summed E-state index contributed by atoms with van der Waals surface area (Å²) >= 11 is 0. The molecule has 2 saturated heterocycles. The van der Waals surface area contributed by atoms with Crippen molar-refractivity contribution in [1.29, 1.82) is 0 Å². The van der Waals surface area contributed by atoms with Crippen molar-refractivity contribution in [2.75, 3.05) is 81.9 Å². The van der Waals surface area contributed by atoms with Crippen molar-refractivity contribution in [2.45, 2.75) is 18.7 Å². The van der Waals surface area contributed by atoms with E-state index in [1.54, 1.807) is 18.2 Å². The third-order valence-electron chi connectivity index (χ3n) is 6.40. The Morgan fingerprint density at radius 2 is 1.50 bits per heavy atom. The van der Waals surface area contributed by atoms with Crippen molar-refractivity contribution >= 4 is 21.7 Å². The van der Waals surface area contributed by atoms with E-state index in [9.17, 15) is 8.42 Å². The number of ether oxygens (including phenoxy) is 1. The molecule has 2 fully saturated rings. The Kier molecular flexibility index (Phi) is 7.87. The first kappa shape index (κ1) is 24.6.